The monoisotopic (exact) mass is 280 g/mol. The van der Waals surface area contributed by atoms with E-state index in [1.807, 2.05) is 32.0 Å². The Morgan fingerprint density at radius 2 is 1.57 bits per heavy atom. The number of aryl methyl sites for hydroxylation is 2. The third-order valence-corrected chi connectivity index (χ3v) is 3.28. The van der Waals surface area contributed by atoms with Gasteiger partial charge in [-0.1, -0.05) is 54.1 Å². The summed E-state index contributed by atoms with van der Waals surface area (Å²) in [5.41, 5.74) is 2.82. The standard InChI is InChI=1S/C18H16O3/c1-12-7-9-14(10-8-12)17(19)16(18(20)21)11-15-6-4-3-5-13(15)2/h3-11H,1-2H3,(H,20,21)/b16-11-. The maximum Gasteiger partial charge on any atom is 0.339 e. The van der Waals surface area contributed by atoms with Crippen LogP contribution in [0, 0.1) is 13.8 Å². The minimum Gasteiger partial charge on any atom is -0.478 e. The van der Waals surface area contributed by atoms with Gasteiger partial charge in [-0.15, -0.1) is 0 Å². The van der Waals surface area contributed by atoms with Crippen molar-refractivity contribution in [3.05, 3.63) is 76.4 Å². The highest BCUT2D eigenvalue weighted by atomic mass is 16.4. The molecule has 0 amide bonds. The van der Waals surface area contributed by atoms with Gasteiger partial charge in [0, 0.05) is 5.56 Å². The van der Waals surface area contributed by atoms with Crippen molar-refractivity contribution in [3.63, 3.8) is 0 Å². The molecule has 0 aliphatic carbocycles. The number of carboxylic acids is 1. The van der Waals surface area contributed by atoms with Crippen molar-refractivity contribution in [3.8, 4) is 0 Å². The lowest BCUT2D eigenvalue weighted by Gasteiger charge is -2.05. The van der Waals surface area contributed by atoms with Crippen LogP contribution in [0.5, 0.6) is 0 Å². The van der Waals surface area contributed by atoms with E-state index in [0.717, 1.165) is 16.7 Å². The first-order valence-electron chi connectivity index (χ1n) is 6.61. The summed E-state index contributed by atoms with van der Waals surface area (Å²) in [6.45, 7) is 3.79. The van der Waals surface area contributed by atoms with Gasteiger partial charge in [0.1, 0.15) is 5.57 Å². The molecule has 0 saturated heterocycles. The van der Waals surface area contributed by atoms with E-state index in [4.69, 9.17) is 0 Å². The molecule has 0 fully saturated rings. The van der Waals surface area contributed by atoms with E-state index in [-0.39, 0.29) is 5.57 Å². The summed E-state index contributed by atoms with van der Waals surface area (Å²) in [5.74, 6) is -1.70. The molecule has 0 spiro atoms. The highest BCUT2D eigenvalue weighted by Crippen LogP contribution is 2.16. The molecular formula is C18H16O3. The second-order valence-corrected chi connectivity index (χ2v) is 4.91. The van der Waals surface area contributed by atoms with Crippen molar-refractivity contribution in [1.82, 2.24) is 0 Å². The van der Waals surface area contributed by atoms with Crippen LogP contribution in [-0.4, -0.2) is 16.9 Å². The van der Waals surface area contributed by atoms with Gasteiger partial charge < -0.3 is 5.11 Å². The van der Waals surface area contributed by atoms with E-state index in [1.165, 1.54) is 6.08 Å². The average molecular weight is 280 g/mol. The fraction of sp³-hybridized carbons (Fsp3) is 0.111. The number of aliphatic carboxylic acids is 1. The van der Waals surface area contributed by atoms with Gasteiger partial charge in [0.25, 0.3) is 0 Å². The number of carbonyl (C=O) groups is 2. The molecule has 0 radical (unpaired) electrons. The summed E-state index contributed by atoms with van der Waals surface area (Å²) < 4.78 is 0. The maximum atomic E-state index is 12.4. The van der Waals surface area contributed by atoms with Crippen LogP contribution in [0.15, 0.2) is 54.1 Å². The van der Waals surface area contributed by atoms with Gasteiger partial charge in [0.05, 0.1) is 0 Å². The van der Waals surface area contributed by atoms with Crippen LogP contribution < -0.4 is 0 Å². The number of ketones is 1. The fourth-order valence-electron chi connectivity index (χ4n) is 1.99. The zero-order chi connectivity index (χ0) is 15.4. The van der Waals surface area contributed by atoms with Gasteiger partial charge in [0.15, 0.2) is 5.78 Å². The van der Waals surface area contributed by atoms with Gasteiger partial charge in [-0.25, -0.2) is 4.79 Å². The quantitative estimate of drug-likeness (QED) is 0.402. The molecule has 0 aliphatic rings. The molecule has 3 heteroatoms. The molecule has 0 bridgehead atoms. The fourth-order valence-corrected chi connectivity index (χ4v) is 1.99. The smallest absolute Gasteiger partial charge is 0.339 e. The van der Waals surface area contributed by atoms with Crippen LogP contribution in [0.2, 0.25) is 0 Å². The van der Waals surface area contributed by atoms with Crippen LogP contribution in [0.4, 0.5) is 0 Å². The number of hydrogen-bond donors (Lipinski definition) is 1. The molecular weight excluding hydrogens is 264 g/mol. The van der Waals surface area contributed by atoms with Gasteiger partial charge in [0.2, 0.25) is 0 Å². The van der Waals surface area contributed by atoms with Crippen molar-refractivity contribution in [2.24, 2.45) is 0 Å². The molecule has 1 N–H and O–H groups in total. The van der Waals surface area contributed by atoms with Crippen molar-refractivity contribution >= 4 is 17.8 Å². The summed E-state index contributed by atoms with van der Waals surface area (Å²) in [5, 5.41) is 9.32. The van der Waals surface area contributed by atoms with Crippen molar-refractivity contribution in [1.29, 1.82) is 0 Å². The average Bonchev–Trinajstić information content (AvgIpc) is 2.46. The maximum absolute atomic E-state index is 12.4. The Balaban J connectivity index is 2.44. The zero-order valence-corrected chi connectivity index (χ0v) is 12.0. The second kappa shape index (κ2) is 6.18. The lowest BCUT2D eigenvalue weighted by Crippen LogP contribution is -2.12. The van der Waals surface area contributed by atoms with Crippen molar-refractivity contribution in [2.45, 2.75) is 13.8 Å². The molecule has 2 aromatic rings. The first-order chi connectivity index (χ1) is 9.99. The summed E-state index contributed by atoms with van der Waals surface area (Å²) in [6, 6.07) is 14.2. The molecule has 21 heavy (non-hydrogen) atoms. The number of carbonyl (C=O) groups excluding carboxylic acids is 1. The van der Waals surface area contributed by atoms with E-state index in [1.54, 1.807) is 30.3 Å². The van der Waals surface area contributed by atoms with Crippen molar-refractivity contribution in [2.75, 3.05) is 0 Å². The third kappa shape index (κ3) is 3.45. The van der Waals surface area contributed by atoms with E-state index in [9.17, 15) is 14.7 Å². The Labute approximate surface area is 123 Å². The Morgan fingerprint density at radius 1 is 0.952 bits per heavy atom. The molecule has 0 heterocycles. The minimum atomic E-state index is -1.22. The molecule has 0 atom stereocenters. The highest BCUT2D eigenvalue weighted by Gasteiger charge is 2.19. The normalized spacial score (nSPS) is 11.2. The first-order valence-corrected chi connectivity index (χ1v) is 6.61. The lowest BCUT2D eigenvalue weighted by molar-refractivity contribution is -0.132. The van der Waals surface area contributed by atoms with Gasteiger partial charge in [-0.3, -0.25) is 4.79 Å². The molecule has 0 aromatic heterocycles. The van der Waals surface area contributed by atoms with Crippen LogP contribution in [0.3, 0.4) is 0 Å². The van der Waals surface area contributed by atoms with Crippen LogP contribution in [0.1, 0.15) is 27.0 Å². The second-order valence-electron chi connectivity index (χ2n) is 4.91. The van der Waals surface area contributed by atoms with Gasteiger partial charge in [-0.05, 0) is 31.1 Å². The van der Waals surface area contributed by atoms with Gasteiger partial charge >= 0.3 is 5.97 Å². The van der Waals surface area contributed by atoms with Gasteiger partial charge in [-0.2, -0.15) is 0 Å². The SMILES string of the molecule is Cc1ccc(C(=O)/C(=C/c2ccccc2C)C(=O)O)cc1. The van der Waals surface area contributed by atoms with E-state index in [0.29, 0.717) is 5.56 Å². The highest BCUT2D eigenvalue weighted by molar-refractivity contribution is 6.26. The Morgan fingerprint density at radius 3 is 2.14 bits per heavy atom. The van der Waals surface area contributed by atoms with E-state index >= 15 is 0 Å². The Hall–Kier alpha value is -2.68. The van der Waals surface area contributed by atoms with Crippen LogP contribution in [0.25, 0.3) is 6.08 Å². The number of carboxylic acid groups (broad SMARTS) is 1. The lowest BCUT2D eigenvalue weighted by atomic mass is 9.98. The molecule has 2 rings (SSSR count). The molecule has 0 unspecified atom stereocenters. The number of rotatable bonds is 4. The topological polar surface area (TPSA) is 54.4 Å². The Kier molecular flexibility index (Phi) is 4.33. The predicted octanol–water partition coefficient (Wildman–Crippen LogP) is 3.65. The number of Topliss-reactive ketones (excluding diaryl/α,β-unsaturated/α-hetero) is 1. The number of benzene rings is 2. The van der Waals surface area contributed by atoms with Crippen LogP contribution >= 0.6 is 0 Å². The van der Waals surface area contributed by atoms with Crippen molar-refractivity contribution < 1.29 is 14.7 Å². The first kappa shape index (κ1) is 14.7. The summed E-state index contributed by atoms with van der Waals surface area (Å²) in [7, 11) is 0. The molecule has 3 nitrogen and oxygen atoms in total. The summed E-state index contributed by atoms with van der Waals surface area (Å²) >= 11 is 0. The summed E-state index contributed by atoms with van der Waals surface area (Å²) in [4.78, 5) is 23.8. The zero-order valence-electron chi connectivity index (χ0n) is 12.0. The summed E-state index contributed by atoms with van der Waals surface area (Å²) in [6.07, 6.45) is 1.43. The predicted molar refractivity (Wildman–Crippen MR) is 82.3 cm³/mol. The minimum absolute atomic E-state index is 0.229. The van der Waals surface area contributed by atoms with E-state index < -0.39 is 11.8 Å². The Bertz CT molecular complexity index is 709. The third-order valence-electron chi connectivity index (χ3n) is 3.28. The van der Waals surface area contributed by atoms with Crippen LogP contribution in [-0.2, 0) is 4.79 Å². The number of hydrogen-bond acceptors (Lipinski definition) is 2. The molecule has 2 aromatic carbocycles. The molecule has 106 valence electrons. The molecule has 0 aliphatic heterocycles. The van der Waals surface area contributed by atoms with E-state index in [2.05, 4.69) is 0 Å². The largest absolute Gasteiger partial charge is 0.478 e. The molecule has 0 saturated carbocycles.